The van der Waals surface area contributed by atoms with Crippen LogP contribution in [-0.2, 0) is 17.1 Å². The summed E-state index contributed by atoms with van der Waals surface area (Å²) in [5.74, 6) is 0.464. The maximum Gasteiger partial charge on any atom is 0.272 e. The zero-order valence-electron chi connectivity index (χ0n) is 20.4. The van der Waals surface area contributed by atoms with Gasteiger partial charge in [-0.05, 0) is 61.8 Å². The van der Waals surface area contributed by atoms with Crippen LogP contribution in [0.2, 0.25) is 0 Å². The van der Waals surface area contributed by atoms with Gasteiger partial charge >= 0.3 is 0 Å². The number of hydrogen-bond acceptors (Lipinski definition) is 4. The normalized spacial score (nSPS) is 21.6. The molecular formula is C25H34N4O4S. The van der Waals surface area contributed by atoms with Gasteiger partial charge in [0, 0.05) is 50.7 Å². The lowest BCUT2D eigenvalue weighted by Gasteiger charge is -2.35. The highest BCUT2D eigenvalue weighted by Crippen LogP contribution is 2.26. The minimum absolute atomic E-state index is 0.0354. The number of nitrogens with zero attached hydrogens (tertiary/aromatic N) is 3. The molecule has 3 heterocycles. The van der Waals surface area contributed by atoms with Crippen molar-refractivity contribution in [3.63, 3.8) is 0 Å². The van der Waals surface area contributed by atoms with Gasteiger partial charge in [-0.2, -0.15) is 4.31 Å². The average Bonchev–Trinajstić information content (AvgIpc) is 3.45. The molecule has 0 aliphatic carbocycles. The maximum absolute atomic E-state index is 13.1. The van der Waals surface area contributed by atoms with Gasteiger partial charge < -0.3 is 14.8 Å². The monoisotopic (exact) mass is 486 g/mol. The summed E-state index contributed by atoms with van der Waals surface area (Å²) in [5, 5.41) is 2.88. The molecule has 2 atom stereocenters. The molecule has 184 valence electrons. The Kier molecular flexibility index (Phi) is 6.87. The van der Waals surface area contributed by atoms with Gasteiger partial charge in [0.25, 0.3) is 11.8 Å². The van der Waals surface area contributed by atoms with Crippen molar-refractivity contribution in [2.24, 2.45) is 18.9 Å². The largest absolute Gasteiger partial charge is 0.345 e. The second-order valence-corrected chi connectivity index (χ2v) is 11.9. The lowest BCUT2D eigenvalue weighted by Crippen LogP contribution is -2.42. The molecule has 2 aliphatic rings. The van der Waals surface area contributed by atoms with Crippen LogP contribution in [0, 0.1) is 18.8 Å². The Balaban J connectivity index is 1.53. The number of amides is 2. The van der Waals surface area contributed by atoms with Crippen molar-refractivity contribution >= 4 is 27.5 Å². The van der Waals surface area contributed by atoms with E-state index < -0.39 is 15.9 Å². The molecule has 9 heteroatoms. The predicted octanol–water partition coefficient (Wildman–Crippen LogP) is 3.49. The molecule has 1 aromatic heterocycles. The molecule has 2 amide bonds. The predicted molar refractivity (Wildman–Crippen MR) is 131 cm³/mol. The molecule has 4 rings (SSSR count). The highest BCUT2D eigenvalue weighted by Gasteiger charge is 2.30. The van der Waals surface area contributed by atoms with Crippen LogP contribution in [0.5, 0.6) is 0 Å². The summed E-state index contributed by atoms with van der Waals surface area (Å²) >= 11 is 0. The van der Waals surface area contributed by atoms with E-state index in [9.17, 15) is 18.0 Å². The second kappa shape index (κ2) is 9.54. The molecule has 0 saturated carbocycles. The molecule has 0 radical (unpaired) electrons. The molecule has 1 N–H and O–H groups in total. The van der Waals surface area contributed by atoms with Crippen molar-refractivity contribution in [1.82, 2.24) is 13.8 Å². The number of nitrogens with one attached hydrogen (secondary N) is 1. The summed E-state index contributed by atoms with van der Waals surface area (Å²) < 4.78 is 28.8. The molecule has 2 saturated heterocycles. The minimum Gasteiger partial charge on any atom is -0.345 e. The third-order valence-electron chi connectivity index (χ3n) is 6.80. The van der Waals surface area contributed by atoms with Gasteiger partial charge in [0.05, 0.1) is 0 Å². The van der Waals surface area contributed by atoms with Crippen LogP contribution in [0.3, 0.4) is 0 Å². The fourth-order valence-electron chi connectivity index (χ4n) is 5.07. The van der Waals surface area contributed by atoms with E-state index in [2.05, 4.69) is 19.2 Å². The van der Waals surface area contributed by atoms with E-state index in [0.29, 0.717) is 36.2 Å². The van der Waals surface area contributed by atoms with E-state index in [0.717, 1.165) is 37.9 Å². The third kappa shape index (κ3) is 4.90. The zero-order chi connectivity index (χ0) is 24.6. The highest BCUT2D eigenvalue weighted by atomic mass is 32.2. The number of aromatic nitrogens is 1. The first-order valence-electron chi connectivity index (χ1n) is 11.9. The highest BCUT2D eigenvalue weighted by molar-refractivity contribution is 7.89. The topological polar surface area (TPSA) is 91.7 Å². The van der Waals surface area contributed by atoms with Crippen LogP contribution in [0.25, 0.3) is 0 Å². The van der Waals surface area contributed by atoms with E-state index in [4.69, 9.17) is 0 Å². The summed E-state index contributed by atoms with van der Waals surface area (Å²) in [4.78, 5) is 28.2. The first-order chi connectivity index (χ1) is 16.1. The molecule has 2 fully saturated rings. The number of anilines is 1. The molecule has 1 aromatic carbocycles. The Morgan fingerprint density at radius 1 is 1.03 bits per heavy atom. The van der Waals surface area contributed by atoms with Gasteiger partial charge in [0.1, 0.15) is 10.6 Å². The van der Waals surface area contributed by atoms with E-state index in [-0.39, 0.29) is 16.5 Å². The lowest BCUT2D eigenvalue weighted by molar-refractivity contribution is 0.0623. The number of benzene rings is 1. The Labute approximate surface area is 202 Å². The van der Waals surface area contributed by atoms with Crippen LogP contribution < -0.4 is 5.32 Å². The lowest BCUT2D eigenvalue weighted by atomic mass is 9.91. The molecule has 2 aliphatic heterocycles. The fraction of sp³-hybridized carbons (Fsp3) is 0.520. The molecule has 8 nitrogen and oxygen atoms in total. The van der Waals surface area contributed by atoms with Gasteiger partial charge in [-0.25, -0.2) is 8.42 Å². The van der Waals surface area contributed by atoms with Gasteiger partial charge in [-0.1, -0.05) is 19.9 Å². The van der Waals surface area contributed by atoms with Crippen molar-refractivity contribution in [2.45, 2.75) is 44.9 Å². The summed E-state index contributed by atoms with van der Waals surface area (Å²) in [6.45, 7) is 8.67. The minimum atomic E-state index is -3.61. The van der Waals surface area contributed by atoms with Gasteiger partial charge in [0.2, 0.25) is 10.0 Å². The number of likely N-dealkylation sites (tertiary alicyclic amines) is 1. The first kappa shape index (κ1) is 24.5. The van der Waals surface area contributed by atoms with Crippen molar-refractivity contribution < 1.29 is 18.0 Å². The summed E-state index contributed by atoms with van der Waals surface area (Å²) in [6, 6.07) is 6.75. The van der Waals surface area contributed by atoms with E-state index >= 15 is 0 Å². The maximum atomic E-state index is 13.1. The van der Waals surface area contributed by atoms with Crippen LogP contribution >= 0.6 is 0 Å². The summed E-state index contributed by atoms with van der Waals surface area (Å²) in [6.07, 6.45) is 4.30. The fourth-order valence-corrected chi connectivity index (χ4v) is 6.65. The SMILES string of the molecule is Cc1ccc(C(=O)N2CC(C)CC(C)C2)cc1NC(=O)c1cc(S(=O)(=O)N2CCCC2)cn1C. The van der Waals surface area contributed by atoms with Crippen molar-refractivity contribution in [1.29, 1.82) is 0 Å². The molecule has 34 heavy (non-hydrogen) atoms. The van der Waals surface area contributed by atoms with Crippen molar-refractivity contribution in [3.8, 4) is 0 Å². The van der Waals surface area contributed by atoms with E-state index in [1.807, 2.05) is 17.9 Å². The molecular weight excluding hydrogens is 452 g/mol. The molecule has 2 aromatic rings. The van der Waals surface area contributed by atoms with Gasteiger partial charge in [0.15, 0.2) is 0 Å². The zero-order valence-corrected chi connectivity index (χ0v) is 21.2. The van der Waals surface area contributed by atoms with Crippen LogP contribution in [-0.4, -0.2) is 60.2 Å². The number of sulfonamides is 1. The van der Waals surface area contributed by atoms with E-state index in [1.165, 1.54) is 21.1 Å². The smallest absolute Gasteiger partial charge is 0.272 e. The van der Waals surface area contributed by atoms with Crippen LogP contribution in [0.15, 0.2) is 35.4 Å². The van der Waals surface area contributed by atoms with Crippen LogP contribution in [0.4, 0.5) is 5.69 Å². The molecule has 0 spiro atoms. The Morgan fingerprint density at radius 3 is 2.32 bits per heavy atom. The third-order valence-corrected chi connectivity index (χ3v) is 8.67. The number of carbonyl (C=O) groups is 2. The van der Waals surface area contributed by atoms with E-state index in [1.54, 1.807) is 19.2 Å². The average molecular weight is 487 g/mol. The number of carbonyl (C=O) groups excluding carboxylic acids is 2. The number of piperidine rings is 1. The first-order valence-corrected chi connectivity index (χ1v) is 13.4. The Hall–Kier alpha value is -2.65. The van der Waals surface area contributed by atoms with Crippen molar-refractivity contribution in [2.75, 3.05) is 31.5 Å². The van der Waals surface area contributed by atoms with Crippen molar-refractivity contribution in [3.05, 3.63) is 47.3 Å². The number of rotatable bonds is 5. The number of aryl methyl sites for hydroxylation is 2. The van der Waals surface area contributed by atoms with Gasteiger partial charge in [-0.3, -0.25) is 9.59 Å². The number of hydrogen-bond donors (Lipinski definition) is 1. The van der Waals surface area contributed by atoms with Gasteiger partial charge in [-0.15, -0.1) is 0 Å². The quantitative estimate of drug-likeness (QED) is 0.700. The summed E-state index contributed by atoms with van der Waals surface area (Å²) in [7, 11) is -1.96. The molecule has 0 bridgehead atoms. The standard InChI is InChI=1S/C25H34N4O4S/c1-17-11-18(2)15-28(14-17)25(31)20-8-7-19(3)22(12-20)26-24(30)23-13-21(16-27(23)4)34(32,33)29-9-5-6-10-29/h7-8,12-13,16-18H,5-6,9-11,14-15H2,1-4H3,(H,26,30). The Morgan fingerprint density at radius 2 is 1.68 bits per heavy atom. The van der Waals surface area contributed by atoms with Crippen LogP contribution in [0.1, 0.15) is 59.5 Å². The second-order valence-electron chi connectivity index (χ2n) is 9.92. The summed E-state index contributed by atoms with van der Waals surface area (Å²) in [5.41, 5.74) is 2.14. The molecule has 2 unspecified atom stereocenters. The Bertz CT molecular complexity index is 1190.